The topological polar surface area (TPSA) is 20.2 Å². The first-order valence-corrected chi connectivity index (χ1v) is 5.53. The third-order valence-electron chi connectivity index (χ3n) is 2.11. The number of unbranched alkanes of at least 4 members (excludes halogenated alkanes) is 7. The van der Waals surface area contributed by atoms with E-state index in [2.05, 4.69) is 24.7 Å². The van der Waals surface area contributed by atoms with Gasteiger partial charge in [0.15, 0.2) is 0 Å². The van der Waals surface area contributed by atoms with Crippen LogP contribution in [-0.4, -0.2) is 5.11 Å². The van der Waals surface area contributed by atoms with Crippen molar-refractivity contribution in [3.05, 3.63) is 0 Å². The van der Waals surface area contributed by atoms with E-state index in [9.17, 15) is 0 Å². The molecule has 0 aliphatic rings. The van der Waals surface area contributed by atoms with Gasteiger partial charge in [0.25, 0.3) is 0 Å². The quantitative estimate of drug-likeness (QED) is 0.484. The van der Waals surface area contributed by atoms with E-state index in [1.807, 2.05) is 0 Å². The van der Waals surface area contributed by atoms with Gasteiger partial charge in [-0.3, -0.25) is 0 Å². The summed E-state index contributed by atoms with van der Waals surface area (Å²) in [5.74, 6) is 7.80. The molecule has 0 aliphatic heterocycles. The van der Waals surface area contributed by atoms with E-state index in [-0.39, 0.29) is 0 Å². The van der Waals surface area contributed by atoms with Crippen LogP contribution in [0.5, 0.6) is 0 Å². The molecule has 0 saturated carbocycles. The Morgan fingerprint density at radius 2 is 1.50 bits per heavy atom. The number of aliphatic hydroxyl groups excluding tert-OH is 1. The van der Waals surface area contributed by atoms with Crippen LogP contribution in [0, 0.1) is 23.9 Å². The Bertz CT molecular complexity index is 221. The molecule has 0 aromatic carbocycles. The number of aliphatic hydroxyl groups is 1. The highest BCUT2D eigenvalue weighted by atomic mass is 16.2. The fourth-order valence-corrected chi connectivity index (χ4v) is 1.31. The minimum absolute atomic E-state index is 0.905. The Hall–Kier alpha value is -1.08. The molecule has 1 nitrogen and oxygen atoms in total. The molecule has 0 unspecified atom stereocenters. The van der Waals surface area contributed by atoms with E-state index in [0.717, 1.165) is 12.8 Å². The molecule has 14 heavy (non-hydrogen) atoms. The second-order valence-corrected chi connectivity index (χ2v) is 3.41. The lowest BCUT2D eigenvalue weighted by atomic mass is 10.1. The van der Waals surface area contributed by atoms with Crippen molar-refractivity contribution in [1.29, 1.82) is 0 Å². The molecule has 78 valence electrons. The molecule has 0 heterocycles. The number of hydrogen-bond donors (Lipinski definition) is 1. The first-order valence-electron chi connectivity index (χ1n) is 5.53. The van der Waals surface area contributed by atoms with Crippen LogP contribution >= 0.6 is 0 Å². The number of hydrogen-bond acceptors (Lipinski definition) is 1. The molecule has 1 heteroatoms. The summed E-state index contributed by atoms with van der Waals surface area (Å²) in [4.78, 5) is 0. The van der Waals surface area contributed by atoms with Crippen LogP contribution in [-0.2, 0) is 0 Å². The Kier molecular flexibility index (Phi) is 11.0. The fraction of sp³-hybridized carbons (Fsp3) is 0.692. The van der Waals surface area contributed by atoms with E-state index in [4.69, 9.17) is 5.11 Å². The van der Waals surface area contributed by atoms with Gasteiger partial charge in [0.05, 0.1) is 0 Å². The summed E-state index contributed by atoms with van der Waals surface area (Å²) >= 11 is 0. The predicted molar refractivity (Wildman–Crippen MR) is 60.1 cm³/mol. The van der Waals surface area contributed by atoms with Gasteiger partial charge in [-0.25, -0.2) is 0 Å². The molecule has 0 fully saturated rings. The molecule has 0 atom stereocenters. The van der Waals surface area contributed by atoms with Crippen LogP contribution in [0.2, 0.25) is 0 Å². The predicted octanol–water partition coefficient (Wildman–Crippen LogP) is 3.46. The van der Waals surface area contributed by atoms with Gasteiger partial charge >= 0.3 is 0 Å². The molecule has 0 aliphatic carbocycles. The Labute approximate surface area is 87.9 Å². The van der Waals surface area contributed by atoms with Crippen molar-refractivity contribution in [3.8, 4) is 23.9 Å². The molecule has 0 radical (unpaired) electrons. The van der Waals surface area contributed by atoms with Crippen LogP contribution in [0.4, 0.5) is 0 Å². The second-order valence-electron chi connectivity index (χ2n) is 3.41. The van der Waals surface area contributed by atoms with Crippen molar-refractivity contribution in [1.82, 2.24) is 0 Å². The van der Waals surface area contributed by atoms with Crippen molar-refractivity contribution < 1.29 is 5.11 Å². The van der Waals surface area contributed by atoms with E-state index in [1.54, 1.807) is 6.11 Å². The van der Waals surface area contributed by atoms with E-state index in [1.165, 1.54) is 38.5 Å². The zero-order valence-electron chi connectivity index (χ0n) is 9.10. The summed E-state index contributed by atoms with van der Waals surface area (Å²) in [5.41, 5.74) is 0. The van der Waals surface area contributed by atoms with Gasteiger partial charge in [-0.15, -0.1) is 0 Å². The van der Waals surface area contributed by atoms with Gasteiger partial charge < -0.3 is 5.11 Å². The summed E-state index contributed by atoms with van der Waals surface area (Å²) in [5, 5.41) is 8.13. The van der Waals surface area contributed by atoms with Gasteiger partial charge in [-0.2, -0.15) is 0 Å². The van der Waals surface area contributed by atoms with Crippen LogP contribution in [0.1, 0.15) is 58.3 Å². The monoisotopic (exact) mass is 192 g/mol. The van der Waals surface area contributed by atoms with Crippen molar-refractivity contribution >= 4 is 0 Å². The lowest BCUT2D eigenvalue weighted by molar-refractivity contribution is 0.517. The van der Waals surface area contributed by atoms with Crippen LogP contribution in [0.15, 0.2) is 0 Å². The van der Waals surface area contributed by atoms with Gasteiger partial charge in [0.2, 0.25) is 0 Å². The van der Waals surface area contributed by atoms with E-state index < -0.39 is 0 Å². The minimum Gasteiger partial charge on any atom is -0.461 e. The molecule has 0 spiro atoms. The van der Waals surface area contributed by atoms with Gasteiger partial charge in [-0.1, -0.05) is 51.4 Å². The highest BCUT2D eigenvalue weighted by Crippen LogP contribution is 2.07. The molecular formula is C13H20O. The van der Waals surface area contributed by atoms with E-state index in [0.29, 0.717) is 0 Å². The maximum atomic E-state index is 8.13. The average Bonchev–Trinajstić information content (AvgIpc) is 2.21. The van der Waals surface area contributed by atoms with Crippen LogP contribution in [0.3, 0.4) is 0 Å². The zero-order valence-corrected chi connectivity index (χ0v) is 9.10. The van der Waals surface area contributed by atoms with Crippen LogP contribution < -0.4 is 0 Å². The van der Waals surface area contributed by atoms with Gasteiger partial charge in [-0.05, 0) is 12.3 Å². The molecule has 0 rings (SSSR count). The highest BCUT2D eigenvalue weighted by molar-refractivity contribution is 5.23. The minimum atomic E-state index is 0.905. The summed E-state index contributed by atoms with van der Waals surface area (Å²) in [6, 6.07) is 0. The van der Waals surface area contributed by atoms with E-state index >= 15 is 0 Å². The summed E-state index contributed by atoms with van der Waals surface area (Å²) in [6.45, 7) is 2.23. The summed E-state index contributed by atoms with van der Waals surface area (Å²) in [7, 11) is 0. The Morgan fingerprint density at radius 3 is 2.14 bits per heavy atom. The van der Waals surface area contributed by atoms with Gasteiger partial charge in [0, 0.05) is 12.3 Å². The third kappa shape index (κ3) is 10.9. The molecular weight excluding hydrogens is 172 g/mol. The maximum Gasteiger partial charge on any atom is 0.122 e. The van der Waals surface area contributed by atoms with Gasteiger partial charge in [0.1, 0.15) is 6.11 Å². The normalized spacial score (nSPS) is 8.36. The Balaban J connectivity index is 3.06. The largest absolute Gasteiger partial charge is 0.461 e. The average molecular weight is 192 g/mol. The molecule has 0 amide bonds. The van der Waals surface area contributed by atoms with Crippen molar-refractivity contribution in [2.24, 2.45) is 0 Å². The van der Waals surface area contributed by atoms with Crippen molar-refractivity contribution in [2.75, 3.05) is 0 Å². The molecule has 0 bridgehead atoms. The lowest BCUT2D eigenvalue weighted by Crippen LogP contribution is -1.78. The maximum absolute atomic E-state index is 8.13. The number of rotatable bonds is 7. The van der Waals surface area contributed by atoms with Crippen molar-refractivity contribution in [2.45, 2.75) is 58.3 Å². The molecule has 0 aromatic heterocycles. The zero-order chi connectivity index (χ0) is 10.5. The SMILES string of the molecule is CCCCCCCCCC#CC#CO. The summed E-state index contributed by atoms with van der Waals surface area (Å²) in [6.07, 6.45) is 11.8. The molecule has 0 saturated heterocycles. The summed E-state index contributed by atoms with van der Waals surface area (Å²) < 4.78 is 0. The highest BCUT2D eigenvalue weighted by Gasteiger charge is 1.88. The van der Waals surface area contributed by atoms with Crippen LogP contribution in [0.25, 0.3) is 0 Å². The standard InChI is InChI=1S/C13H20O/c1-2-3-4-5-6-7-8-9-10-11-12-13-14/h14H,2-9H2,1H3. The first kappa shape index (κ1) is 12.9. The van der Waals surface area contributed by atoms with Crippen molar-refractivity contribution in [3.63, 3.8) is 0 Å². The molecule has 1 N–H and O–H groups in total. The smallest absolute Gasteiger partial charge is 0.122 e. The second kappa shape index (κ2) is 11.9. The lowest BCUT2D eigenvalue weighted by Gasteiger charge is -1.97. The molecule has 0 aromatic rings. The third-order valence-corrected chi connectivity index (χ3v) is 2.11. The fourth-order valence-electron chi connectivity index (χ4n) is 1.31. The Morgan fingerprint density at radius 1 is 0.857 bits per heavy atom. The first-order chi connectivity index (χ1) is 6.91.